The smallest absolute Gasteiger partial charge is 0.0991 e. The van der Waals surface area contributed by atoms with E-state index >= 15 is 0 Å². The van der Waals surface area contributed by atoms with E-state index in [9.17, 15) is 0 Å². The quantitative estimate of drug-likeness (QED) is 0.909. The predicted octanol–water partition coefficient (Wildman–Crippen LogP) is 3.50. The third kappa shape index (κ3) is 3.59. The molecular weight excluding hydrogens is 244 g/mol. The Morgan fingerprint density at radius 3 is 2.33 bits per heavy atom. The van der Waals surface area contributed by atoms with E-state index in [-0.39, 0.29) is 0 Å². The number of benzene rings is 2. The molecule has 0 aliphatic rings. The van der Waals surface area contributed by atoms with Crippen LogP contribution < -0.4 is 5.32 Å². The minimum absolute atomic E-state index is 0.692. The topological polar surface area (TPSA) is 35.8 Å². The van der Waals surface area contributed by atoms with Crippen molar-refractivity contribution < 1.29 is 0 Å². The number of nitrogens with one attached hydrogen (secondary N) is 1. The molecule has 0 saturated carbocycles. The molecule has 2 aromatic rings. The van der Waals surface area contributed by atoms with Crippen molar-refractivity contribution in [2.24, 2.45) is 0 Å². The maximum Gasteiger partial charge on any atom is 0.0991 e. The molecule has 3 heteroatoms. The second kappa shape index (κ2) is 6.20. The first-order valence-electron chi connectivity index (χ1n) is 5.72. The summed E-state index contributed by atoms with van der Waals surface area (Å²) in [5.74, 6) is 0. The van der Waals surface area contributed by atoms with E-state index in [0.29, 0.717) is 5.56 Å². The highest BCUT2D eigenvalue weighted by Crippen LogP contribution is 2.10. The van der Waals surface area contributed by atoms with Crippen LogP contribution in [-0.2, 0) is 13.1 Å². The fraction of sp³-hybridized carbons (Fsp3) is 0.133. The van der Waals surface area contributed by atoms with E-state index in [2.05, 4.69) is 11.4 Å². The average Bonchev–Trinajstić information content (AvgIpc) is 2.39. The average molecular weight is 257 g/mol. The standard InChI is InChI=1S/C15H13ClN2/c16-15-6-2-5-14(8-15)11-18-10-13-4-1-3-12(7-13)9-17/h1-8,18H,10-11H2. The zero-order valence-corrected chi connectivity index (χ0v) is 10.6. The fourth-order valence-corrected chi connectivity index (χ4v) is 1.96. The molecule has 1 N–H and O–H groups in total. The summed E-state index contributed by atoms with van der Waals surface area (Å²) in [7, 11) is 0. The molecule has 0 aromatic heterocycles. The van der Waals surface area contributed by atoms with Crippen molar-refractivity contribution in [1.82, 2.24) is 5.32 Å². The van der Waals surface area contributed by atoms with Gasteiger partial charge in [-0.25, -0.2) is 0 Å². The van der Waals surface area contributed by atoms with Gasteiger partial charge in [0.25, 0.3) is 0 Å². The van der Waals surface area contributed by atoms with Crippen molar-refractivity contribution in [3.05, 3.63) is 70.2 Å². The zero-order chi connectivity index (χ0) is 12.8. The molecule has 0 unspecified atom stereocenters. The molecule has 0 amide bonds. The van der Waals surface area contributed by atoms with Crippen molar-refractivity contribution in [3.63, 3.8) is 0 Å². The molecule has 2 rings (SSSR count). The highest BCUT2D eigenvalue weighted by Gasteiger charge is 1.97. The Balaban J connectivity index is 1.90. The van der Waals surface area contributed by atoms with Gasteiger partial charge in [-0.15, -0.1) is 0 Å². The summed E-state index contributed by atoms with van der Waals surface area (Å²) < 4.78 is 0. The Hall–Kier alpha value is -1.82. The molecule has 0 aliphatic heterocycles. The lowest BCUT2D eigenvalue weighted by molar-refractivity contribution is 0.693. The maximum atomic E-state index is 8.81. The third-order valence-corrected chi connectivity index (χ3v) is 2.84. The number of hydrogen-bond acceptors (Lipinski definition) is 2. The number of halogens is 1. The lowest BCUT2D eigenvalue weighted by atomic mass is 10.1. The van der Waals surface area contributed by atoms with Gasteiger partial charge in [0.1, 0.15) is 0 Å². The normalized spacial score (nSPS) is 10.0. The summed E-state index contributed by atoms with van der Waals surface area (Å²) in [6, 6.07) is 17.5. The Morgan fingerprint density at radius 2 is 1.67 bits per heavy atom. The molecule has 2 aromatic carbocycles. The van der Waals surface area contributed by atoms with Crippen LogP contribution in [0.5, 0.6) is 0 Å². The van der Waals surface area contributed by atoms with Crippen LogP contribution in [0, 0.1) is 11.3 Å². The fourth-order valence-electron chi connectivity index (χ4n) is 1.75. The largest absolute Gasteiger partial charge is 0.309 e. The van der Waals surface area contributed by atoms with E-state index in [4.69, 9.17) is 16.9 Å². The molecule has 0 bridgehead atoms. The first kappa shape index (κ1) is 12.6. The van der Waals surface area contributed by atoms with Crippen LogP contribution >= 0.6 is 11.6 Å². The lowest BCUT2D eigenvalue weighted by Gasteiger charge is -2.05. The molecule has 0 spiro atoms. The van der Waals surface area contributed by atoms with Crippen LogP contribution in [0.15, 0.2) is 48.5 Å². The lowest BCUT2D eigenvalue weighted by Crippen LogP contribution is -2.12. The van der Waals surface area contributed by atoms with Crippen LogP contribution in [0.25, 0.3) is 0 Å². The van der Waals surface area contributed by atoms with Crippen molar-refractivity contribution in [2.75, 3.05) is 0 Å². The second-order valence-electron chi connectivity index (χ2n) is 4.05. The predicted molar refractivity (Wildman–Crippen MR) is 73.2 cm³/mol. The van der Waals surface area contributed by atoms with E-state index in [0.717, 1.165) is 29.2 Å². The van der Waals surface area contributed by atoms with Crippen molar-refractivity contribution >= 4 is 11.6 Å². The molecule has 0 atom stereocenters. The summed E-state index contributed by atoms with van der Waals surface area (Å²) in [4.78, 5) is 0. The molecule has 90 valence electrons. The van der Waals surface area contributed by atoms with Gasteiger partial charge in [-0.05, 0) is 35.4 Å². The Morgan fingerprint density at radius 1 is 1.00 bits per heavy atom. The summed E-state index contributed by atoms with van der Waals surface area (Å²) in [6.07, 6.45) is 0. The first-order chi connectivity index (χ1) is 8.78. The Kier molecular flexibility index (Phi) is 4.35. The number of nitrogens with zero attached hydrogens (tertiary/aromatic N) is 1. The highest BCUT2D eigenvalue weighted by molar-refractivity contribution is 6.30. The van der Waals surface area contributed by atoms with Gasteiger partial charge in [0.05, 0.1) is 11.6 Å². The first-order valence-corrected chi connectivity index (χ1v) is 6.10. The van der Waals surface area contributed by atoms with E-state index < -0.39 is 0 Å². The van der Waals surface area contributed by atoms with Gasteiger partial charge < -0.3 is 5.32 Å². The van der Waals surface area contributed by atoms with Gasteiger partial charge >= 0.3 is 0 Å². The molecule has 2 nitrogen and oxygen atoms in total. The molecule has 0 aliphatic carbocycles. The maximum absolute atomic E-state index is 8.81. The summed E-state index contributed by atoms with van der Waals surface area (Å²) in [5, 5.41) is 12.9. The molecular formula is C15H13ClN2. The molecule has 0 radical (unpaired) electrons. The van der Waals surface area contributed by atoms with Gasteiger partial charge in [0.15, 0.2) is 0 Å². The van der Waals surface area contributed by atoms with Crippen molar-refractivity contribution in [3.8, 4) is 6.07 Å². The minimum Gasteiger partial charge on any atom is -0.309 e. The van der Waals surface area contributed by atoms with Gasteiger partial charge in [-0.1, -0.05) is 35.9 Å². The molecule has 0 saturated heterocycles. The number of hydrogen-bond donors (Lipinski definition) is 1. The monoisotopic (exact) mass is 256 g/mol. The summed E-state index contributed by atoms with van der Waals surface area (Å²) >= 11 is 5.92. The minimum atomic E-state index is 0.692. The van der Waals surface area contributed by atoms with Gasteiger partial charge in [-0.2, -0.15) is 5.26 Å². The van der Waals surface area contributed by atoms with E-state index in [1.807, 2.05) is 42.5 Å². The van der Waals surface area contributed by atoms with Crippen molar-refractivity contribution in [2.45, 2.75) is 13.1 Å². The van der Waals surface area contributed by atoms with Crippen LogP contribution in [0.3, 0.4) is 0 Å². The van der Waals surface area contributed by atoms with Crippen molar-refractivity contribution in [1.29, 1.82) is 5.26 Å². The second-order valence-corrected chi connectivity index (χ2v) is 4.48. The van der Waals surface area contributed by atoms with Crippen LogP contribution in [-0.4, -0.2) is 0 Å². The van der Waals surface area contributed by atoms with Gasteiger partial charge in [0.2, 0.25) is 0 Å². The number of nitriles is 1. The zero-order valence-electron chi connectivity index (χ0n) is 9.86. The van der Waals surface area contributed by atoms with Crippen LogP contribution in [0.4, 0.5) is 0 Å². The summed E-state index contributed by atoms with van der Waals surface area (Å²) in [6.45, 7) is 1.50. The Bertz CT molecular complexity index is 573. The molecule has 18 heavy (non-hydrogen) atoms. The van der Waals surface area contributed by atoms with Gasteiger partial charge in [-0.3, -0.25) is 0 Å². The third-order valence-electron chi connectivity index (χ3n) is 2.60. The summed E-state index contributed by atoms with van der Waals surface area (Å²) in [5.41, 5.74) is 2.95. The highest BCUT2D eigenvalue weighted by atomic mass is 35.5. The van der Waals surface area contributed by atoms with Crippen LogP contribution in [0.1, 0.15) is 16.7 Å². The van der Waals surface area contributed by atoms with E-state index in [1.54, 1.807) is 6.07 Å². The number of rotatable bonds is 4. The van der Waals surface area contributed by atoms with E-state index in [1.165, 1.54) is 0 Å². The van der Waals surface area contributed by atoms with Gasteiger partial charge in [0, 0.05) is 18.1 Å². The Labute approximate surface area is 112 Å². The molecule has 0 heterocycles. The molecule has 0 fully saturated rings. The SMILES string of the molecule is N#Cc1cccc(CNCc2cccc(Cl)c2)c1. The van der Waals surface area contributed by atoms with Crippen LogP contribution in [0.2, 0.25) is 5.02 Å².